The minimum Gasteiger partial charge on any atom is -0.469 e. The second kappa shape index (κ2) is 4.90. The number of nitrogens with zero attached hydrogens (tertiary/aromatic N) is 2. The molecule has 0 spiro atoms. The molecule has 0 N–H and O–H groups in total. The van der Waals surface area contributed by atoms with Crippen molar-refractivity contribution in [3.8, 4) is 11.5 Å². The van der Waals surface area contributed by atoms with E-state index in [1.807, 2.05) is 37.3 Å². The lowest BCUT2D eigenvalue weighted by atomic mass is 10.1. The third-order valence-electron chi connectivity index (χ3n) is 2.84. The SMILES string of the molecule is Cc1occc1-c1nnc(C(Cl)c2ccccc2)o1. The summed E-state index contributed by atoms with van der Waals surface area (Å²) >= 11 is 6.33. The van der Waals surface area contributed by atoms with Gasteiger partial charge < -0.3 is 8.83 Å². The molecular formula is C14H11ClN2O2. The van der Waals surface area contributed by atoms with Crippen LogP contribution in [0.4, 0.5) is 0 Å². The van der Waals surface area contributed by atoms with Crippen molar-refractivity contribution in [2.45, 2.75) is 12.3 Å². The van der Waals surface area contributed by atoms with Gasteiger partial charge in [0.25, 0.3) is 5.89 Å². The van der Waals surface area contributed by atoms with Crippen molar-refractivity contribution in [1.29, 1.82) is 0 Å². The Hall–Kier alpha value is -2.07. The van der Waals surface area contributed by atoms with Gasteiger partial charge in [-0.05, 0) is 18.6 Å². The number of alkyl halides is 1. The summed E-state index contributed by atoms with van der Waals surface area (Å²) in [6, 6.07) is 11.4. The average molecular weight is 275 g/mol. The molecule has 0 aliphatic carbocycles. The van der Waals surface area contributed by atoms with Gasteiger partial charge in [-0.25, -0.2) is 0 Å². The van der Waals surface area contributed by atoms with Crippen LogP contribution in [-0.2, 0) is 0 Å². The highest BCUT2D eigenvalue weighted by molar-refractivity contribution is 6.22. The lowest BCUT2D eigenvalue weighted by Gasteiger charge is -2.03. The van der Waals surface area contributed by atoms with Gasteiger partial charge in [0.2, 0.25) is 5.89 Å². The molecule has 1 aromatic carbocycles. The van der Waals surface area contributed by atoms with Gasteiger partial charge in [0.15, 0.2) is 0 Å². The summed E-state index contributed by atoms with van der Waals surface area (Å²) in [5.74, 6) is 1.53. The molecule has 0 aliphatic rings. The number of benzene rings is 1. The first kappa shape index (κ1) is 12.0. The molecule has 0 amide bonds. The zero-order chi connectivity index (χ0) is 13.2. The quantitative estimate of drug-likeness (QED) is 0.678. The Labute approximate surface area is 115 Å². The fraction of sp³-hybridized carbons (Fsp3) is 0.143. The predicted octanol–water partition coefficient (Wildman–Crippen LogP) is 3.97. The number of rotatable bonds is 3. The largest absolute Gasteiger partial charge is 0.469 e. The first-order valence-corrected chi connectivity index (χ1v) is 6.26. The minimum absolute atomic E-state index is 0.378. The third-order valence-corrected chi connectivity index (χ3v) is 3.28. The van der Waals surface area contributed by atoms with Gasteiger partial charge in [-0.3, -0.25) is 0 Å². The number of halogens is 1. The van der Waals surface area contributed by atoms with Crippen molar-refractivity contribution in [3.63, 3.8) is 0 Å². The van der Waals surface area contributed by atoms with E-state index in [0.29, 0.717) is 11.8 Å². The Kier molecular flexibility index (Phi) is 3.09. The molecule has 2 heterocycles. The molecular weight excluding hydrogens is 264 g/mol. The molecule has 0 radical (unpaired) electrons. The summed E-state index contributed by atoms with van der Waals surface area (Å²) in [6.45, 7) is 1.84. The minimum atomic E-state index is -0.449. The lowest BCUT2D eigenvalue weighted by Crippen LogP contribution is -1.92. The molecule has 2 aromatic heterocycles. The third kappa shape index (κ3) is 2.27. The van der Waals surface area contributed by atoms with Crippen molar-refractivity contribution >= 4 is 11.6 Å². The maximum Gasteiger partial charge on any atom is 0.251 e. The number of hydrogen-bond acceptors (Lipinski definition) is 4. The molecule has 19 heavy (non-hydrogen) atoms. The van der Waals surface area contributed by atoms with Crippen molar-refractivity contribution in [2.75, 3.05) is 0 Å². The van der Waals surface area contributed by atoms with Crippen LogP contribution in [0.5, 0.6) is 0 Å². The smallest absolute Gasteiger partial charge is 0.251 e. The highest BCUT2D eigenvalue weighted by Gasteiger charge is 2.19. The van der Waals surface area contributed by atoms with Crippen molar-refractivity contribution < 1.29 is 8.83 Å². The number of aromatic nitrogens is 2. The topological polar surface area (TPSA) is 52.1 Å². The highest BCUT2D eigenvalue weighted by Crippen LogP contribution is 2.30. The van der Waals surface area contributed by atoms with Crippen molar-refractivity contribution in [3.05, 3.63) is 59.9 Å². The van der Waals surface area contributed by atoms with E-state index in [9.17, 15) is 0 Å². The van der Waals surface area contributed by atoms with E-state index < -0.39 is 5.38 Å². The maximum atomic E-state index is 6.33. The molecule has 1 atom stereocenters. The molecule has 96 valence electrons. The Morgan fingerprint density at radius 3 is 2.58 bits per heavy atom. The van der Waals surface area contributed by atoms with Gasteiger partial charge in [-0.1, -0.05) is 30.3 Å². The van der Waals surface area contributed by atoms with Crippen LogP contribution in [0.2, 0.25) is 0 Å². The molecule has 0 saturated heterocycles. The highest BCUT2D eigenvalue weighted by atomic mass is 35.5. The Bertz CT molecular complexity index is 676. The number of aryl methyl sites for hydroxylation is 1. The fourth-order valence-corrected chi connectivity index (χ4v) is 2.05. The fourth-order valence-electron chi connectivity index (χ4n) is 1.82. The standard InChI is InChI=1S/C14H11ClN2O2/c1-9-11(7-8-18-9)13-16-17-14(19-13)12(15)10-5-3-2-4-6-10/h2-8,12H,1H3. The predicted molar refractivity (Wildman–Crippen MR) is 70.9 cm³/mol. The van der Waals surface area contributed by atoms with Crippen molar-refractivity contribution in [1.82, 2.24) is 10.2 Å². The Morgan fingerprint density at radius 1 is 1.11 bits per heavy atom. The lowest BCUT2D eigenvalue weighted by molar-refractivity contribution is 0.506. The van der Waals surface area contributed by atoms with Crippen LogP contribution in [0.15, 0.2) is 51.5 Å². The molecule has 0 bridgehead atoms. The first-order chi connectivity index (χ1) is 9.25. The van der Waals surface area contributed by atoms with Crippen LogP contribution < -0.4 is 0 Å². The molecule has 3 rings (SSSR count). The average Bonchev–Trinajstić information content (AvgIpc) is 3.07. The van der Waals surface area contributed by atoms with Crippen LogP contribution in [0.25, 0.3) is 11.5 Å². The van der Waals surface area contributed by atoms with E-state index in [-0.39, 0.29) is 0 Å². The van der Waals surface area contributed by atoms with E-state index in [4.69, 9.17) is 20.4 Å². The molecule has 5 heteroatoms. The van der Waals surface area contributed by atoms with Crippen LogP contribution in [0.3, 0.4) is 0 Å². The second-order valence-electron chi connectivity index (χ2n) is 4.11. The number of furan rings is 1. The second-order valence-corrected chi connectivity index (χ2v) is 4.55. The summed E-state index contributed by atoms with van der Waals surface area (Å²) in [5, 5.41) is 7.55. The van der Waals surface area contributed by atoms with E-state index in [1.54, 1.807) is 12.3 Å². The van der Waals surface area contributed by atoms with Crippen LogP contribution in [0.1, 0.15) is 22.6 Å². The summed E-state index contributed by atoms with van der Waals surface area (Å²) in [4.78, 5) is 0. The number of hydrogen-bond donors (Lipinski definition) is 0. The zero-order valence-corrected chi connectivity index (χ0v) is 11.0. The monoisotopic (exact) mass is 274 g/mol. The van der Waals surface area contributed by atoms with Crippen LogP contribution in [0, 0.1) is 6.92 Å². The van der Waals surface area contributed by atoms with Gasteiger partial charge >= 0.3 is 0 Å². The zero-order valence-electron chi connectivity index (χ0n) is 10.2. The maximum absolute atomic E-state index is 6.33. The van der Waals surface area contributed by atoms with Gasteiger partial charge in [-0.15, -0.1) is 21.8 Å². The van der Waals surface area contributed by atoms with Gasteiger partial charge in [-0.2, -0.15) is 0 Å². The Balaban J connectivity index is 1.92. The summed E-state index contributed by atoms with van der Waals surface area (Å²) < 4.78 is 10.8. The molecule has 0 saturated carbocycles. The normalized spacial score (nSPS) is 12.5. The molecule has 3 aromatic rings. The Morgan fingerprint density at radius 2 is 1.89 bits per heavy atom. The van der Waals surface area contributed by atoms with E-state index in [2.05, 4.69) is 10.2 Å². The van der Waals surface area contributed by atoms with E-state index >= 15 is 0 Å². The summed E-state index contributed by atoms with van der Waals surface area (Å²) in [5.41, 5.74) is 1.71. The van der Waals surface area contributed by atoms with Gasteiger partial charge in [0.1, 0.15) is 11.1 Å². The van der Waals surface area contributed by atoms with Gasteiger partial charge in [0, 0.05) is 0 Å². The van der Waals surface area contributed by atoms with Crippen LogP contribution >= 0.6 is 11.6 Å². The molecule has 1 unspecified atom stereocenters. The molecule has 4 nitrogen and oxygen atoms in total. The van der Waals surface area contributed by atoms with Gasteiger partial charge in [0.05, 0.1) is 11.8 Å². The van der Waals surface area contributed by atoms with Crippen LogP contribution in [-0.4, -0.2) is 10.2 Å². The molecule has 0 fully saturated rings. The first-order valence-electron chi connectivity index (χ1n) is 5.82. The van der Waals surface area contributed by atoms with E-state index in [0.717, 1.165) is 16.9 Å². The van der Waals surface area contributed by atoms with Crippen molar-refractivity contribution in [2.24, 2.45) is 0 Å². The summed E-state index contributed by atoms with van der Waals surface area (Å²) in [6.07, 6.45) is 1.59. The summed E-state index contributed by atoms with van der Waals surface area (Å²) in [7, 11) is 0. The van der Waals surface area contributed by atoms with E-state index in [1.165, 1.54) is 0 Å². The molecule has 0 aliphatic heterocycles.